The second-order valence-corrected chi connectivity index (χ2v) is 4.56. The lowest BCUT2D eigenvalue weighted by atomic mass is 10.2. The van der Waals surface area contributed by atoms with Crippen molar-refractivity contribution in [2.75, 3.05) is 11.9 Å². The van der Waals surface area contributed by atoms with Crippen LogP contribution in [0.5, 0.6) is 0 Å². The Morgan fingerprint density at radius 1 is 1.43 bits per heavy atom. The molecule has 80 valence electrons. The van der Waals surface area contributed by atoms with E-state index >= 15 is 0 Å². The average Bonchev–Trinajstić information content (AvgIpc) is 2.52. The first-order valence-corrected chi connectivity index (χ1v) is 5.70. The molecule has 5 heteroatoms. The molecule has 0 saturated carbocycles. The summed E-state index contributed by atoms with van der Waals surface area (Å²) in [5.74, 6) is 1.31. The summed E-state index contributed by atoms with van der Waals surface area (Å²) < 4.78 is 4.25. The predicted molar refractivity (Wildman–Crippen MR) is 60.8 cm³/mol. The monoisotopic (exact) mass is 214 g/mol. The minimum atomic E-state index is 0.236. The summed E-state index contributed by atoms with van der Waals surface area (Å²) in [6.45, 7) is 7.05. The van der Waals surface area contributed by atoms with Crippen LogP contribution in [0.3, 0.4) is 0 Å². The molecular weight excluding hydrogens is 196 g/mol. The molecule has 1 aromatic rings. The summed E-state index contributed by atoms with van der Waals surface area (Å²) >= 11 is 1.42. The van der Waals surface area contributed by atoms with Gasteiger partial charge in [0.15, 0.2) is 0 Å². The van der Waals surface area contributed by atoms with E-state index in [-0.39, 0.29) is 6.04 Å². The maximum atomic E-state index is 5.64. The van der Waals surface area contributed by atoms with Gasteiger partial charge in [-0.25, -0.2) is 4.98 Å². The third-order valence-corrected chi connectivity index (χ3v) is 2.52. The highest BCUT2D eigenvalue weighted by Gasteiger charge is 2.06. The molecule has 4 nitrogen and oxygen atoms in total. The fraction of sp³-hybridized carbons (Fsp3) is 0.778. The Bertz CT molecular complexity index is 270. The van der Waals surface area contributed by atoms with Crippen LogP contribution < -0.4 is 11.1 Å². The van der Waals surface area contributed by atoms with Gasteiger partial charge in [-0.05, 0) is 13.3 Å². The number of nitrogens with zero attached hydrogens (tertiary/aromatic N) is 2. The first-order chi connectivity index (χ1) is 6.59. The number of nitrogens with two attached hydrogens (primary N) is 1. The number of rotatable bonds is 5. The van der Waals surface area contributed by atoms with Crippen molar-refractivity contribution >= 4 is 16.7 Å². The van der Waals surface area contributed by atoms with E-state index in [1.54, 1.807) is 0 Å². The lowest BCUT2D eigenvalue weighted by Crippen LogP contribution is -2.19. The van der Waals surface area contributed by atoms with Crippen LogP contribution in [-0.2, 0) is 0 Å². The molecule has 0 amide bonds. The maximum Gasteiger partial charge on any atom is 0.202 e. The molecule has 1 heterocycles. The highest BCUT2D eigenvalue weighted by atomic mass is 32.1. The first kappa shape index (κ1) is 11.4. The van der Waals surface area contributed by atoms with Crippen LogP contribution in [0.1, 0.15) is 38.9 Å². The molecule has 0 aromatic carbocycles. The van der Waals surface area contributed by atoms with Gasteiger partial charge in [0, 0.05) is 30.0 Å². The van der Waals surface area contributed by atoms with Gasteiger partial charge < -0.3 is 11.1 Å². The molecule has 1 rings (SSSR count). The Labute approximate surface area is 89.1 Å². The van der Waals surface area contributed by atoms with Crippen molar-refractivity contribution in [2.45, 2.75) is 39.2 Å². The highest BCUT2D eigenvalue weighted by Crippen LogP contribution is 2.16. The van der Waals surface area contributed by atoms with E-state index in [0.29, 0.717) is 5.92 Å². The first-order valence-electron chi connectivity index (χ1n) is 4.92. The summed E-state index contributed by atoms with van der Waals surface area (Å²) in [5.41, 5.74) is 5.64. The van der Waals surface area contributed by atoms with Crippen LogP contribution in [0, 0.1) is 0 Å². The largest absolute Gasteiger partial charge is 0.360 e. The van der Waals surface area contributed by atoms with Crippen molar-refractivity contribution < 1.29 is 0 Å². The third kappa shape index (κ3) is 3.59. The fourth-order valence-corrected chi connectivity index (χ4v) is 1.68. The lowest BCUT2D eigenvalue weighted by molar-refractivity contribution is 0.689. The Kier molecular flexibility index (Phi) is 4.28. The Balaban J connectivity index is 2.36. The van der Waals surface area contributed by atoms with Gasteiger partial charge in [-0.2, -0.15) is 4.37 Å². The Morgan fingerprint density at radius 3 is 2.64 bits per heavy atom. The second-order valence-electron chi connectivity index (χ2n) is 3.81. The standard InChI is InChI=1S/C9H18N4S/c1-6(2)8-12-9(14-13-8)11-5-4-7(3)10/h6-7H,4-5,10H2,1-3H3,(H,11,12,13). The molecule has 1 atom stereocenters. The third-order valence-electron chi connectivity index (χ3n) is 1.83. The summed E-state index contributed by atoms with van der Waals surface area (Å²) in [6, 6.07) is 0.236. The topological polar surface area (TPSA) is 63.8 Å². The van der Waals surface area contributed by atoms with Crippen LogP contribution in [0.2, 0.25) is 0 Å². The Hall–Kier alpha value is -0.680. The molecule has 0 saturated heterocycles. The molecule has 14 heavy (non-hydrogen) atoms. The van der Waals surface area contributed by atoms with Crippen LogP contribution >= 0.6 is 11.5 Å². The SMILES string of the molecule is CC(N)CCNc1nc(C(C)C)ns1. The van der Waals surface area contributed by atoms with E-state index < -0.39 is 0 Å². The summed E-state index contributed by atoms with van der Waals surface area (Å²) in [5, 5.41) is 4.11. The summed E-state index contributed by atoms with van der Waals surface area (Å²) in [7, 11) is 0. The summed E-state index contributed by atoms with van der Waals surface area (Å²) in [6.07, 6.45) is 0.955. The molecule has 0 aliphatic carbocycles. The predicted octanol–water partition coefficient (Wildman–Crippen LogP) is 1.81. The number of nitrogens with one attached hydrogen (secondary N) is 1. The van der Waals surface area contributed by atoms with Gasteiger partial charge >= 0.3 is 0 Å². The van der Waals surface area contributed by atoms with Crippen molar-refractivity contribution in [3.05, 3.63) is 5.82 Å². The molecule has 0 bridgehead atoms. The second kappa shape index (κ2) is 5.26. The molecule has 0 aliphatic heterocycles. The smallest absolute Gasteiger partial charge is 0.202 e. The van der Waals surface area contributed by atoms with Crippen LogP contribution in [0.15, 0.2) is 0 Å². The van der Waals surface area contributed by atoms with Gasteiger partial charge in [0.1, 0.15) is 5.82 Å². The zero-order valence-corrected chi connectivity index (χ0v) is 9.77. The molecule has 3 N–H and O–H groups in total. The number of anilines is 1. The molecular formula is C9H18N4S. The van der Waals surface area contributed by atoms with Gasteiger partial charge in [-0.3, -0.25) is 0 Å². The minimum Gasteiger partial charge on any atom is -0.360 e. The molecule has 0 fully saturated rings. The van der Waals surface area contributed by atoms with Gasteiger partial charge in [-0.1, -0.05) is 13.8 Å². The quantitative estimate of drug-likeness (QED) is 0.784. The molecule has 0 radical (unpaired) electrons. The van der Waals surface area contributed by atoms with Crippen LogP contribution in [0.25, 0.3) is 0 Å². The van der Waals surface area contributed by atoms with Crippen LogP contribution in [0.4, 0.5) is 5.13 Å². The van der Waals surface area contributed by atoms with E-state index in [1.807, 2.05) is 6.92 Å². The van der Waals surface area contributed by atoms with Gasteiger partial charge in [0.25, 0.3) is 0 Å². The van der Waals surface area contributed by atoms with Crippen molar-refractivity contribution in [3.8, 4) is 0 Å². The molecule has 1 aromatic heterocycles. The van der Waals surface area contributed by atoms with Crippen LogP contribution in [-0.4, -0.2) is 21.9 Å². The van der Waals surface area contributed by atoms with E-state index in [2.05, 4.69) is 28.5 Å². The normalized spacial score (nSPS) is 13.2. The van der Waals surface area contributed by atoms with Crippen molar-refractivity contribution in [1.29, 1.82) is 0 Å². The van der Waals surface area contributed by atoms with Gasteiger partial charge in [0.05, 0.1) is 0 Å². The van der Waals surface area contributed by atoms with Gasteiger partial charge in [-0.15, -0.1) is 0 Å². The summed E-state index contributed by atoms with van der Waals surface area (Å²) in [4.78, 5) is 4.36. The molecule has 0 spiro atoms. The van der Waals surface area contributed by atoms with E-state index in [0.717, 1.165) is 23.9 Å². The van der Waals surface area contributed by atoms with E-state index in [4.69, 9.17) is 5.73 Å². The number of hydrogen-bond acceptors (Lipinski definition) is 5. The van der Waals surface area contributed by atoms with Crippen molar-refractivity contribution in [3.63, 3.8) is 0 Å². The zero-order valence-electron chi connectivity index (χ0n) is 8.95. The molecule has 1 unspecified atom stereocenters. The number of hydrogen-bond donors (Lipinski definition) is 2. The number of aromatic nitrogens is 2. The zero-order chi connectivity index (χ0) is 10.6. The van der Waals surface area contributed by atoms with Gasteiger partial charge in [0.2, 0.25) is 5.13 Å². The fourth-order valence-electron chi connectivity index (χ4n) is 0.948. The molecule has 0 aliphatic rings. The van der Waals surface area contributed by atoms with Crippen molar-refractivity contribution in [1.82, 2.24) is 9.36 Å². The highest BCUT2D eigenvalue weighted by molar-refractivity contribution is 7.09. The van der Waals surface area contributed by atoms with E-state index in [9.17, 15) is 0 Å². The Morgan fingerprint density at radius 2 is 2.14 bits per heavy atom. The maximum absolute atomic E-state index is 5.64. The average molecular weight is 214 g/mol. The van der Waals surface area contributed by atoms with Crippen molar-refractivity contribution in [2.24, 2.45) is 5.73 Å². The minimum absolute atomic E-state index is 0.236. The van der Waals surface area contributed by atoms with E-state index in [1.165, 1.54) is 11.5 Å². The lowest BCUT2D eigenvalue weighted by Gasteiger charge is -2.04.